The number of rotatable bonds is 6. The first-order chi connectivity index (χ1) is 14.8. The number of carbonyl (C=O) groups excluding carboxylic acids is 2. The van der Waals surface area contributed by atoms with Gasteiger partial charge in [-0.05, 0) is 44.8 Å². The zero-order valence-corrected chi connectivity index (χ0v) is 19.5. The molecule has 0 radical (unpaired) electrons. The van der Waals surface area contributed by atoms with Gasteiger partial charge in [-0.15, -0.1) is 0 Å². The van der Waals surface area contributed by atoms with Crippen molar-refractivity contribution in [2.24, 2.45) is 0 Å². The zero-order chi connectivity index (χ0) is 22.5. The molecule has 2 amide bonds. The van der Waals surface area contributed by atoms with E-state index in [0.29, 0.717) is 31.2 Å². The van der Waals surface area contributed by atoms with Crippen molar-refractivity contribution in [3.8, 4) is 0 Å². The highest BCUT2D eigenvalue weighted by molar-refractivity contribution is 6.43. The summed E-state index contributed by atoms with van der Waals surface area (Å²) >= 11 is 12.1. The van der Waals surface area contributed by atoms with E-state index in [1.807, 2.05) is 26.4 Å². The molecular weight excluding hydrogens is 437 g/mol. The van der Waals surface area contributed by atoms with Crippen molar-refractivity contribution in [1.82, 2.24) is 20.1 Å². The van der Waals surface area contributed by atoms with Crippen LogP contribution < -0.4 is 10.2 Å². The molecule has 1 aliphatic heterocycles. The lowest BCUT2D eigenvalue weighted by Crippen LogP contribution is -2.54. The number of nitrogens with zero attached hydrogens (tertiary/aromatic N) is 4. The molecule has 0 bridgehead atoms. The van der Waals surface area contributed by atoms with Gasteiger partial charge in [0.05, 0.1) is 15.6 Å². The Balaban J connectivity index is 1.53. The maximum atomic E-state index is 12.8. The topological polar surface area (TPSA) is 68.8 Å². The van der Waals surface area contributed by atoms with Gasteiger partial charge >= 0.3 is 0 Å². The molecule has 3 rings (SSSR count). The third kappa shape index (κ3) is 5.87. The van der Waals surface area contributed by atoms with E-state index in [1.165, 1.54) is 0 Å². The van der Waals surface area contributed by atoms with Gasteiger partial charge < -0.3 is 20.0 Å². The number of halogens is 2. The highest BCUT2D eigenvalue weighted by Gasteiger charge is 2.27. The molecule has 1 aromatic heterocycles. The Hall–Kier alpha value is -2.35. The molecule has 1 aromatic carbocycles. The number of nitrogens with one attached hydrogen (secondary N) is 1. The summed E-state index contributed by atoms with van der Waals surface area (Å²) in [6, 6.07) is 8.27. The molecule has 1 N–H and O–H groups in total. The van der Waals surface area contributed by atoms with Crippen molar-refractivity contribution in [2.75, 3.05) is 45.2 Å². The van der Waals surface area contributed by atoms with E-state index in [-0.39, 0.29) is 16.5 Å². The van der Waals surface area contributed by atoms with Crippen LogP contribution in [-0.4, -0.2) is 72.9 Å². The summed E-state index contributed by atoms with van der Waals surface area (Å²) in [7, 11) is 4.05. The second kappa shape index (κ2) is 10.3. The normalized spacial score (nSPS) is 15.2. The van der Waals surface area contributed by atoms with E-state index in [2.05, 4.69) is 26.2 Å². The third-order valence-electron chi connectivity index (χ3n) is 5.14. The van der Waals surface area contributed by atoms with Crippen LogP contribution >= 0.6 is 23.2 Å². The predicted molar refractivity (Wildman–Crippen MR) is 124 cm³/mol. The Bertz CT molecular complexity index is 928. The van der Waals surface area contributed by atoms with Crippen molar-refractivity contribution in [2.45, 2.75) is 19.5 Å². The Morgan fingerprint density at radius 1 is 1.13 bits per heavy atom. The molecule has 1 atom stereocenters. The number of carbonyl (C=O) groups is 2. The number of pyridine rings is 1. The number of anilines is 1. The average Bonchev–Trinajstić information content (AvgIpc) is 2.75. The van der Waals surface area contributed by atoms with Gasteiger partial charge in [0.25, 0.3) is 5.91 Å². The molecule has 1 saturated heterocycles. The minimum atomic E-state index is -0.669. The third-order valence-corrected chi connectivity index (χ3v) is 5.96. The van der Waals surface area contributed by atoms with Crippen LogP contribution in [0.3, 0.4) is 0 Å². The number of benzene rings is 1. The van der Waals surface area contributed by atoms with Crippen LogP contribution in [0.4, 0.5) is 5.82 Å². The molecule has 0 spiro atoms. The molecule has 0 aliphatic carbocycles. The van der Waals surface area contributed by atoms with E-state index in [1.54, 1.807) is 30.0 Å². The second-order valence-corrected chi connectivity index (χ2v) is 8.66. The summed E-state index contributed by atoms with van der Waals surface area (Å²) in [6.07, 6.45) is 1.89. The Labute approximate surface area is 192 Å². The number of hydrogen-bond donors (Lipinski definition) is 1. The van der Waals surface area contributed by atoms with E-state index in [4.69, 9.17) is 23.2 Å². The van der Waals surface area contributed by atoms with Gasteiger partial charge in [0, 0.05) is 38.9 Å². The molecule has 9 heteroatoms. The average molecular weight is 464 g/mol. The molecule has 7 nitrogen and oxygen atoms in total. The molecule has 166 valence electrons. The number of amides is 2. The Morgan fingerprint density at radius 2 is 1.84 bits per heavy atom. The SMILES string of the molecule is CC(NC(=O)c1cccc(Cl)c1Cl)C(=O)N1CCN(c2ccc(CN(C)C)cn2)CC1. The number of hydrogen-bond acceptors (Lipinski definition) is 5. The van der Waals surface area contributed by atoms with E-state index in [0.717, 1.165) is 17.9 Å². The predicted octanol–water partition coefficient (Wildman–Crippen LogP) is 2.92. The smallest absolute Gasteiger partial charge is 0.253 e. The summed E-state index contributed by atoms with van der Waals surface area (Å²) in [5.74, 6) is 0.362. The van der Waals surface area contributed by atoms with Gasteiger partial charge in [-0.3, -0.25) is 9.59 Å². The second-order valence-electron chi connectivity index (χ2n) is 7.87. The molecule has 1 fully saturated rings. The highest BCUT2D eigenvalue weighted by atomic mass is 35.5. The lowest BCUT2D eigenvalue weighted by atomic mass is 10.2. The minimum absolute atomic E-state index is 0.125. The first kappa shape index (κ1) is 23.3. The van der Waals surface area contributed by atoms with Crippen LogP contribution in [0.5, 0.6) is 0 Å². The zero-order valence-electron chi connectivity index (χ0n) is 17.9. The van der Waals surface area contributed by atoms with Gasteiger partial charge in [0.15, 0.2) is 0 Å². The van der Waals surface area contributed by atoms with Crippen LogP contribution in [0, 0.1) is 0 Å². The molecule has 1 aliphatic rings. The van der Waals surface area contributed by atoms with Crippen molar-refractivity contribution in [1.29, 1.82) is 0 Å². The van der Waals surface area contributed by atoms with E-state index < -0.39 is 11.9 Å². The van der Waals surface area contributed by atoms with Gasteiger partial charge in [-0.1, -0.05) is 35.3 Å². The van der Waals surface area contributed by atoms with Crippen molar-refractivity contribution in [3.05, 3.63) is 57.7 Å². The number of aromatic nitrogens is 1. The highest BCUT2D eigenvalue weighted by Crippen LogP contribution is 2.25. The van der Waals surface area contributed by atoms with E-state index >= 15 is 0 Å². The Morgan fingerprint density at radius 3 is 2.45 bits per heavy atom. The van der Waals surface area contributed by atoms with Crippen LogP contribution in [-0.2, 0) is 11.3 Å². The molecule has 2 aromatic rings. The first-order valence-electron chi connectivity index (χ1n) is 10.1. The molecule has 0 saturated carbocycles. The van der Waals surface area contributed by atoms with Gasteiger partial charge in [-0.25, -0.2) is 4.98 Å². The quantitative estimate of drug-likeness (QED) is 0.712. The van der Waals surface area contributed by atoms with Gasteiger partial charge in [0.1, 0.15) is 11.9 Å². The fraction of sp³-hybridized carbons (Fsp3) is 0.409. The van der Waals surface area contributed by atoms with Crippen LogP contribution in [0.1, 0.15) is 22.8 Å². The fourth-order valence-electron chi connectivity index (χ4n) is 3.51. The van der Waals surface area contributed by atoms with Crippen LogP contribution in [0.25, 0.3) is 0 Å². The summed E-state index contributed by atoms with van der Waals surface area (Å²) in [6.45, 7) is 5.03. The maximum absolute atomic E-state index is 12.8. The van der Waals surface area contributed by atoms with Crippen LogP contribution in [0.2, 0.25) is 10.0 Å². The maximum Gasteiger partial charge on any atom is 0.253 e. The fourth-order valence-corrected chi connectivity index (χ4v) is 3.89. The standard InChI is InChI=1S/C22H27Cl2N5O2/c1-15(26-21(30)17-5-4-6-18(23)20(17)24)22(31)29-11-9-28(10-12-29)19-8-7-16(13-25-19)14-27(2)3/h4-8,13,15H,9-12,14H2,1-3H3,(H,26,30). The monoisotopic (exact) mass is 463 g/mol. The summed E-state index contributed by atoms with van der Waals surface area (Å²) < 4.78 is 0. The van der Waals surface area contributed by atoms with Crippen molar-refractivity contribution >= 4 is 40.8 Å². The number of piperazine rings is 1. The lowest BCUT2D eigenvalue weighted by Gasteiger charge is -2.36. The van der Waals surface area contributed by atoms with E-state index in [9.17, 15) is 9.59 Å². The molecule has 31 heavy (non-hydrogen) atoms. The van der Waals surface area contributed by atoms with Crippen LogP contribution in [0.15, 0.2) is 36.5 Å². The molecule has 1 unspecified atom stereocenters. The van der Waals surface area contributed by atoms with Crippen molar-refractivity contribution < 1.29 is 9.59 Å². The summed E-state index contributed by atoms with van der Waals surface area (Å²) in [5.41, 5.74) is 1.41. The summed E-state index contributed by atoms with van der Waals surface area (Å²) in [5, 5.41) is 3.20. The van der Waals surface area contributed by atoms with Crippen molar-refractivity contribution in [3.63, 3.8) is 0 Å². The molecule has 2 heterocycles. The first-order valence-corrected chi connectivity index (χ1v) is 10.9. The lowest BCUT2D eigenvalue weighted by molar-refractivity contribution is -0.133. The largest absolute Gasteiger partial charge is 0.353 e. The van der Waals surface area contributed by atoms with Gasteiger partial charge in [-0.2, -0.15) is 0 Å². The Kier molecular flexibility index (Phi) is 7.75. The molecular formula is C22H27Cl2N5O2. The minimum Gasteiger partial charge on any atom is -0.353 e. The van der Waals surface area contributed by atoms with Gasteiger partial charge in [0.2, 0.25) is 5.91 Å². The summed E-state index contributed by atoms with van der Waals surface area (Å²) in [4.78, 5) is 35.9.